The van der Waals surface area contributed by atoms with Crippen LogP contribution in [0.25, 0.3) is 33.2 Å². The Hall–Kier alpha value is -5.83. The Balaban J connectivity index is 1.27. The highest BCUT2D eigenvalue weighted by Gasteiger charge is 2.35. The van der Waals surface area contributed by atoms with Crippen molar-refractivity contribution in [2.24, 2.45) is 4.99 Å². The molecule has 1 aliphatic rings. The average molecular weight is 624 g/mol. The van der Waals surface area contributed by atoms with Crippen molar-refractivity contribution in [3.05, 3.63) is 102 Å². The molecule has 1 amide bonds. The van der Waals surface area contributed by atoms with Gasteiger partial charge >= 0.3 is 0 Å². The summed E-state index contributed by atoms with van der Waals surface area (Å²) in [5.74, 6) is -2.30. The number of hydrogen-bond acceptors (Lipinski definition) is 6. The Morgan fingerprint density at radius 2 is 1.72 bits per heavy atom. The fraction of sp³-hybridized carbons (Fsp3) is 0.176. The second kappa shape index (κ2) is 12.6. The van der Waals surface area contributed by atoms with Crippen molar-refractivity contribution in [3.8, 4) is 28.4 Å². The smallest absolute Gasteiger partial charge is 0.253 e. The summed E-state index contributed by atoms with van der Waals surface area (Å²) < 4.78 is 47.2. The van der Waals surface area contributed by atoms with Crippen LogP contribution in [0.3, 0.4) is 0 Å². The van der Waals surface area contributed by atoms with E-state index in [2.05, 4.69) is 20.6 Å². The topological polar surface area (TPSA) is 133 Å². The van der Waals surface area contributed by atoms with Gasteiger partial charge in [-0.25, -0.2) is 18.2 Å². The number of aromatic nitrogens is 1. The van der Waals surface area contributed by atoms with E-state index in [0.717, 1.165) is 27.6 Å². The molecule has 1 saturated heterocycles. The Morgan fingerprint density at radius 3 is 2.39 bits per heavy atom. The lowest BCUT2D eigenvalue weighted by molar-refractivity contribution is -0.0494. The lowest BCUT2D eigenvalue weighted by Crippen LogP contribution is -2.42. The number of anilines is 2. The van der Waals surface area contributed by atoms with Crippen molar-refractivity contribution in [1.29, 1.82) is 5.26 Å². The second-order valence-corrected chi connectivity index (χ2v) is 10.9. The Labute approximate surface area is 262 Å². The number of nitrogens with two attached hydrogens (primary N) is 1. The summed E-state index contributed by atoms with van der Waals surface area (Å²) in [7, 11) is 0. The maximum atomic E-state index is 13.8. The number of fused-ring (bicyclic) bond motifs is 1. The van der Waals surface area contributed by atoms with Crippen molar-refractivity contribution in [2.45, 2.75) is 25.3 Å². The molecule has 6 rings (SSSR count). The molecular formula is C34H28F3N7O2. The molecule has 0 unspecified atom stereocenters. The number of nitriles is 1. The number of halogens is 3. The van der Waals surface area contributed by atoms with Gasteiger partial charge < -0.3 is 25.7 Å². The quantitative estimate of drug-likeness (QED) is 0.108. The van der Waals surface area contributed by atoms with Gasteiger partial charge in [0.2, 0.25) is 12.2 Å². The summed E-state index contributed by atoms with van der Waals surface area (Å²) in [4.78, 5) is 22.2. The summed E-state index contributed by atoms with van der Waals surface area (Å²) in [6.45, 7) is 0.213. The zero-order valence-corrected chi connectivity index (χ0v) is 24.4. The average Bonchev–Trinajstić information content (AvgIpc) is 3.48. The largest absolute Gasteiger partial charge is 0.459 e. The van der Waals surface area contributed by atoms with Crippen molar-refractivity contribution >= 4 is 34.3 Å². The predicted molar refractivity (Wildman–Crippen MR) is 169 cm³/mol. The van der Waals surface area contributed by atoms with Crippen LogP contribution in [-0.4, -0.2) is 40.8 Å². The van der Waals surface area contributed by atoms with Crippen molar-refractivity contribution < 1.29 is 22.4 Å². The van der Waals surface area contributed by atoms with Crippen LogP contribution in [0.5, 0.6) is 0 Å². The molecule has 0 aliphatic carbocycles. The van der Waals surface area contributed by atoms with Crippen LogP contribution in [0.15, 0.2) is 94.5 Å². The summed E-state index contributed by atoms with van der Waals surface area (Å²) in [6.07, 6.45) is 2.59. The highest BCUT2D eigenvalue weighted by atomic mass is 19.3. The van der Waals surface area contributed by atoms with Crippen LogP contribution in [0.1, 0.15) is 29.0 Å². The van der Waals surface area contributed by atoms with Gasteiger partial charge in [0.25, 0.3) is 11.8 Å². The van der Waals surface area contributed by atoms with E-state index in [4.69, 9.17) is 10.2 Å². The minimum absolute atomic E-state index is 0.0153. The highest BCUT2D eigenvalue weighted by molar-refractivity contribution is 5.98. The fourth-order valence-corrected chi connectivity index (χ4v) is 5.28. The zero-order chi connectivity index (χ0) is 32.3. The molecule has 46 heavy (non-hydrogen) atoms. The molecule has 0 spiro atoms. The summed E-state index contributed by atoms with van der Waals surface area (Å²) in [6, 6.07) is 22.1. The van der Waals surface area contributed by atoms with Crippen molar-refractivity contribution in [2.75, 3.05) is 24.1 Å². The van der Waals surface area contributed by atoms with Gasteiger partial charge in [-0.2, -0.15) is 5.26 Å². The van der Waals surface area contributed by atoms with Gasteiger partial charge in [-0.05, 0) is 71.3 Å². The number of benzene rings is 3. The lowest BCUT2D eigenvalue weighted by atomic mass is 9.96. The molecule has 1 fully saturated rings. The molecular weight excluding hydrogens is 595 g/mol. The van der Waals surface area contributed by atoms with Crippen LogP contribution >= 0.6 is 0 Å². The minimum Gasteiger partial charge on any atom is -0.459 e. The Kier molecular flexibility index (Phi) is 8.31. The summed E-state index contributed by atoms with van der Waals surface area (Å²) in [5.41, 5.74) is 10.3. The number of carbonyl (C=O) groups is 1. The number of aliphatic imine (C=N–C) groups is 1. The van der Waals surface area contributed by atoms with Crippen LogP contribution in [-0.2, 0) is 6.54 Å². The molecule has 1 aliphatic heterocycles. The summed E-state index contributed by atoms with van der Waals surface area (Å²) in [5, 5.41) is 16.0. The molecule has 5 aromatic rings. The van der Waals surface area contributed by atoms with Crippen LogP contribution in [0.4, 0.5) is 24.7 Å². The molecule has 4 N–H and O–H groups in total. The molecule has 232 valence electrons. The number of piperidine rings is 1. The number of guanidine groups is 1. The fourth-order valence-electron chi connectivity index (χ4n) is 5.28. The molecule has 0 saturated carbocycles. The third-order valence-corrected chi connectivity index (χ3v) is 7.71. The van der Waals surface area contributed by atoms with E-state index in [9.17, 15) is 23.2 Å². The SMILES string of the molecule is N#C/N=C(\NCc1cc2cc(-c3ccc(C(=O)N4CCC(F)(F)CC4)cc3)cc(-c3ccc(F)cc3)c2o1)Nc1ccc(N)nc1. The number of rotatable bonds is 6. The van der Waals surface area contributed by atoms with Gasteiger partial charge in [-0.15, -0.1) is 4.99 Å². The third-order valence-electron chi connectivity index (χ3n) is 7.71. The molecule has 9 nitrogen and oxygen atoms in total. The Morgan fingerprint density at radius 1 is 1.00 bits per heavy atom. The van der Waals surface area contributed by atoms with Gasteiger partial charge in [-0.3, -0.25) is 4.79 Å². The van der Waals surface area contributed by atoms with E-state index in [0.29, 0.717) is 28.4 Å². The number of alkyl halides is 2. The van der Waals surface area contributed by atoms with Crippen molar-refractivity contribution in [3.63, 3.8) is 0 Å². The molecule has 3 aromatic carbocycles. The van der Waals surface area contributed by atoms with E-state index >= 15 is 0 Å². The number of pyridine rings is 1. The van der Waals surface area contributed by atoms with Gasteiger partial charge in [-0.1, -0.05) is 24.3 Å². The number of hydrogen-bond donors (Lipinski definition) is 3. The van der Waals surface area contributed by atoms with Crippen LogP contribution in [0.2, 0.25) is 0 Å². The normalized spacial score (nSPS) is 14.6. The first-order valence-electron chi connectivity index (χ1n) is 14.5. The van der Waals surface area contributed by atoms with Crippen LogP contribution in [0, 0.1) is 17.3 Å². The molecule has 12 heteroatoms. The lowest BCUT2D eigenvalue weighted by Gasteiger charge is -2.31. The second-order valence-electron chi connectivity index (χ2n) is 10.9. The molecule has 3 heterocycles. The summed E-state index contributed by atoms with van der Waals surface area (Å²) >= 11 is 0. The number of nitrogen functional groups attached to an aromatic ring is 1. The van der Waals surface area contributed by atoms with E-state index in [1.165, 1.54) is 23.2 Å². The first kappa shape index (κ1) is 30.2. The van der Waals surface area contributed by atoms with E-state index < -0.39 is 5.92 Å². The third kappa shape index (κ3) is 6.78. The van der Waals surface area contributed by atoms with Gasteiger partial charge in [0, 0.05) is 42.4 Å². The standard InChI is InChI=1S/C34H28F3N7O2/c35-26-7-5-22(6-8-26)29-17-24(21-1-3-23(4-2-21)32(45)44-13-11-34(36,37)12-14-44)15-25-16-28(46-31(25)29)19-41-33(42-20-38)43-27-9-10-30(39)40-18-27/h1-10,15-18H,11-14,19H2,(H2,39,40)(H2,41,42,43). The van der Waals surface area contributed by atoms with Crippen LogP contribution < -0.4 is 16.4 Å². The van der Waals surface area contributed by atoms with Gasteiger partial charge in [0.15, 0.2) is 0 Å². The van der Waals surface area contributed by atoms with Gasteiger partial charge in [0.05, 0.1) is 18.4 Å². The monoisotopic (exact) mass is 623 g/mol. The van der Waals surface area contributed by atoms with E-state index in [-0.39, 0.29) is 50.2 Å². The highest BCUT2D eigenvalue weighted by Crippen LogP contribution is 2.36. The minimum atomic E-state index is -2.73. The number of nitrogens with zero attached hydrogens (tertiary/aromatic N) is 4. The number of furan rings is 1. The molecule has 0 bridgehead atoms. The van der Waals surface area contributed by atoms with Crippen molar-refractivity contribution in [1.82, 2.24) is 15.2 Å². The molecule has 0 radical (unpaired) electrons. The predicted octanol–water partition coefficient (Wildman–Crippen LogP) is 6.79. The Bertz CT molecular complexity index is 1940. The first-order chi connectivity index (χ1) is 22.2. The first-order valence-corrected chi connectivity index (χ1v) is 14.5. The number of amides is 1. The van der Waals surface area contributed by atoms with Gasteiger partial charge in [0.1, 0.15) is 23.0 Å². The molecule has 2 aromatic heterocycles. The zero-order valence-electron chi connectivity index (χ0n) is 24.4. The number of likely N-dealkylation sites (tertiary alicyclic amines) is 1. The number of nitrogens with one attached hydrogen (secondary N) is 2. The van der Waals surface area contributed by atoms with E-state index in [1.807, 2.05) is 30.3 Å². The maximum Gasteiger partial charge on any atom is 0.253 e. The number of carbonyl (C=O) groups excluding carboxylic acids is 1. The van der Waals surface area contributed by atoms with E-state index in [1.54, 1.807) is 42.6 Å². The molecule has 0 atom stereocenters. The maximum absolute atomic E-state index is 13.8.